The summed E-state index contributed by atoms with van der Waals surface area (Å²) >= 11 is 3.30. The highest BCUT2D eigenvalue weighted by molar-refractivity contribution is 9.10. The van der Waals surface area contributed by atoms with Crippen LogP contribution in [0.2, 0.25) is 0 Å². The lowest BCUT2D eigenvalue weighted by Crippen LogP contribution is -2.10. The Labute approximate surface area is 127 Å². The fourth-order valence-electron chi connectivity index (χ4n) is 1.70. The molecular formula is C14H9BrF3N3. The van der Waals surface area contributed by atoms with Crippen LogP contribution in [0.15, 0.2) is 34.8 Å². The van der Waals surface area contributed by atoms with Crippen LogP contribution >= 0.6 is 15.9 Å². The SMILES string of the molecule is Cc1cc(Br)ccc1Nc1nc(C(F)(F)F)ccc1C#N. The number of nitriles is 1. The lowest BCUT2D eigenvalue weighted by Gasteiger charge is -2.13. The molecule has 0 saturated carbocycles. The Hall–Kier alpha value is -2.07. The number of anilines is 2. The van der Waals surface area contributed by atoms with Crippen molar-refractivity contribution >= 4 is 27.4 Å². The van der Waals surface area contributed by atoms with Crippen molar-refractivity contribution in [2.45, 2.75) is 13.1 Å². The molecule has 0 radical (unpaired) electrons. The van der Waals surface area contributed by atoms with Gasteiger partial charge in [0.1, 0.15) is 17.6 Å². The number of hydrogen-bond acceptors (Lipinski definition) is 3. The van der Waals surface area contributed by atoms with Gasteiger partial charge >= 0.3 is 6.18 Å². The first-order valence-corrected chi connectivity index (χ1v) is 6.62. The van der Waals surface area contributed by atoms with Crippen LogP contribution in [0, 0.1) is 18.3 Å². The lowest BCUT2D eigenvalue weighted by atomic mass is 10.2. The van der Waals surface area contributed by atoms with Gasteiger partial charge in [0, 0.05) is 10.2 Å². The largest absolute Gasteiger partial charge is 0.433 e. The molecule has 1 aromatic carbocycles. The summed E-state index contributed by atoms with van der Waals surface area (Å²) in [6.07, 6.45) is -4.56. The summed E-state index contributed by atoms with van der Waals surface area (Å²) in [4.78, 5) is 3.50. The lowest BCUT2D eigenvalue weighted by molar-refractivity contribution is -0.141. The van der Waals surface area contributed by atoms with Gasteiger partial charge in [-0.1, -0.05) is 15.9 Å². The van der Waals surface area contributed by atoms with Crippen molar-refractivity contribution in [2.75, 3.05) is 5.32 Å². The number of hydrogen-bond donors (Lipinski definition) is 1. The van der Waals surface area contributed by atoms with Gasteiger partial charge in [0.2, 0.25) is 0 Å². The van der Waals surface area contributed by atoms with Crippen LogP contribution in [-0.4, -0.2) is 4.98 Å². The van der Waals surface area contributed by atoms with Crippen molar-refractivity contribution in [1.29, 1.82) is 5.26 Å². The van der Waals surface area contributed by atoms with Crippen LogP contribution in [0.4, 0.5) is 24.7 Å². The third-order valence-electron chi connectivity index (χ3n) is 2.75. The minimum atomic E-state index is -4.56. The van der Waals surface area contributed by atoms with E-state index in [0.29, 0.717) is 5.69 Å². The maximum atomic E-state index is 12.7. The van der Waals surface area contributed by atoms with E-state index < -0.39 is 11.9 Å². The van der Waals surface area contributed by atoms with Crippen molar-refractivity contribution < 1.29 is 13.2 Å². The molecule has 0 fully saturated rings. The number of alkyl halides is 3. The van der Waals surface area contributed by atoms with Crippen LogP contribution < -0.4 is 5.32 Å². The fourth-order valence-corrected chi connectivity index (χ4v) is 2.17. The minimum Gasteiger partial charge on any atom is -0.339 e. The third kappa shape index (κ3) is 3.52. The van der Waals surface area contributed by atoms with E-state index in [1.165, 1.54) is 0 Å². The third-order valence-corrected chi connectivity index (χ3v) is 3.24. The van der Waals surface area contributed by atoms with Gasteiger partial charge in [0.25, 0.3) is 0 Å². The molecule has 1 aromatic heterocycles. The molecule has 0 spiro atoms. The first kappa shape index (κ1) is 15.3. The van der Waals surface area contributed by atoms with E-state index in [4.69, 9.17) is 5.26 Å². The minimum absolute atomic E-state index is 0.0466. The van der Waals surface area contributed by atoms with Crippen LogP contribution in [0.25, 0.3) is 0 Å². The highest BCUT2D eigenvalue weighted by Gasteiger charge is 2.33. The first-order chi connectivity index (χ1) is 9.81. The zero-order chi connectivity index (χ0) is 15.6. The summed E-state index contributed by atoms with van der Waals surface area (Å²) in [7, 11) is 0. The Morgan fingerprint density at radius 1 is 1.24 bits per heavy atom. The fraction of sp³-hybridized carbons (Fsp3) is 0.143. The van der Waals surface area contributed by atoms with Gasteiger partial charge in [-0.3, -0.25) is 0 Å². The van der Waals surface area contributed by atoms with E-state index >= 15 is 0 Å². The molecule has 2 rings (SSSR count). The van der Waals surface area contributed by atoms with E-state index in [0.717, 1.165) is 22.2 Å². The van der Waals surface area contributed by atoms with Crippen LogP contribution in [0.1, 0.15) is 16.8 Å². The van der Waals surface area contributed by atoms with Crippen LogP contribution in [0.5, 0.6) is 0 Å². The van der Waals surface area contributed by atoms with Crippen molar-refractivity contribution in [2.24, 2.45) is 0 Å². The molecule has 0 bridgehead atoms. The number of halogens is 4. The van der Waals surface area contributed by atoms with Gasteiger partial charge in [-0.05, 0) is 42.8 Å². The summed E-state index contributed by atoms with van der Waals surface area (Å²) in [6, 6.07) is 8.97. The summed E-state index contributed by atoms with van der Waals surface area (Å²) in [5, 5.41) is 11.8. The van der Waals surface area contributed by atoms with E-state index in [2.05, 4.69) is 26.2 Å². The van der Waals surface area contributed by atoms with Crippen molar-refractivity contribution in [3.8, 4) is 6.07 Å². The molecule has 1 heterocycles. The summed E-state index contributed by atoms with van der Waals surface area (Å²) in [5.74, 6) is -0.113. The molecule has 0 aliphatic rings. The van der Waals surface area contributed by atoms with Gasteiger partial charge in [-0.15, -0.1) is 0 Å². The van der Waals surface area contributed by atoms with Gasteiger partial charge in [-0.25, -0.2) is 4.98 Å². The molecule has 0 amide bonds. The molecule has 0 unspecified atom stereocenters. The highest BCUT2D eigenvalue weighted by atomic mass is 79.9. The van der Waals surface area contributed by atoms with Gasteiger partial charge in [-0.2, -0.15) is 18.4 Å². The Bertz CT molecular complexity index is 720. The van der Waals surface area contributed by atoms with Gasteiger partial charge in [0.05, 0.1) is 5.56 Å². The second-order valence-corrected chi connectivity index (χ2v) is 5.20. The Kier molecular flexibility index (Phi) is 4.19. The number of nitrogens with zero attached hydrogens (tertiary/aromatic N) is 2. The van der Waals surface area contributed by atoms with E-state index in [-0.39, 0.29) is 11.4 Å². The van der Waals surface area contributed by atoms with Gasteiger partial charge in [0.15, 0.2) is 0 Å². The number of rotatable bonds is 2. The highest BCUT2D eigenvalue weighted by Crippen LogP contribution is 2.31. The first-order valence-electron chi connectivity index (χ1n) is 5.83. The predicted molar refractivity (Wildman–Crippen MR) is 76.1 cm³/mol. The number of aryl methyl sites for hydroxylation is 1. The molecule has 2 aromatic rings. The standard InChI is InChI=1S/C14H9BrF3N3/c1-8-6-10(15)3-4-11(8)20-13-9(7-19)2-5-12(21-13)14(16,17)18/h2-6H,1H3,(H,20,21). The summed E-state index contributed by atoms with van der Waals surface area (Å²) < 4.78 is 38.9. The number of nitrogens with one attached hydrogen (secondary N) is 1. The molecule has 1 N–H and O–H groups in total. The second kappa shape index (κ2) is 5.74. The quantitative estimate of drug-likeness (QED) is 0.842. The Morgan fingerprint density at radius 3 is 2.52 bits per heavy atom. The van der Waals surface area contributed by atoms with E-state index in [1.54, 1.807) is 19.1 Å². The molecular weight excluding hydrogens is 347 g/mol. The van der Waals surface area contributed by atoms with Crippen molar-refractivity contribution in [3.63, 3.8) is 0 Å². The topological polar surface area (TPSA) is 48.7 Å². The molecule has 3 nitrogen and oxygen atoms in total. The smallest absolute Gasteiger partial charge is 0.339 e. The summed E-state index contributed by atoms with van der Waals surface area (Å²) in [6.45, 7) is 1.80. The monoisotopic (exact) mass is 355 g/mol. The maximum Gasteiger partial charge on any atom is 0.433 e. The van der Waals surface area contributed by atoms with Crippen molar-refractivity contribution in [1.82, 2.24) is 4.98 Å². The van der Waals surface area contributed by atoms with Crippen molar-refractivity contribution in [3.05, 3.63) is 51.6 Å². The summed E-state index contributed by atoms with van der Waals surface area (Å²) in [5.41, 5.74) is 0.401. The Balaban J connectivity index is 2.45. The normalized spacial score (nSPS) is 11.0. The number of benzene rings is 1. The predicted octanol–water partition coefficient (Wildman–Crippen LogP) is 4.79. The molecule has 0 saturated heterocycles. The molecule has 0 aliphatic carbocycles. The average molecular weight is 356 g/mol. The Morgan fingerprint density at radius 2 is 1.95 bits per heavy atom. The molecule has 7 heteroatoms. The zero-order valence-corrected chi connectivity index (χ0v) is 12.4. The van der Waals surface area contributed by atoms with Crippen LogP contribution in [-0.2, 0) is 6.18 Å². The molecule has 0 aliphatic heterocycles. The number of aromatic nitrogens is 1. The average Bonchev–Trinajstić information content (AvgIpc) is 2.41. The van der Waals surface area contributed by atoms with Crippen LogP contribution in [0.3, 0.4) is 0 Å². The molecule has 0 atom stereocenters. The second-order valence-electron chi connectivity index (χ2n) is 4.29. The maximum absolute atomic E-state index is 12.7. The zero-order valence-electron chi connectivity index (χ0n) is 10.8. The van der Waals surface area contributed by atoms with E-state index in [9.17, 15) is 13.2 Å². The molecule has 108 valence electrons. The van der Waals surface area contributed by atoms with Gasteiger partial charge < -0.3 is 5.32 Å². The molecule has 21 heavy (non-hydrogen) atoms. The van der Waals surface area contributed by atoms with E-state index in [1.807, 2.05) is 12.1 Å². The number of pyridine rings is 1.